The Balaban J connectivity index is 2.04. The summed E-state index contributed by atoms with van der Waals surface area (Å²) in [5.41, 5.74) is 1.54. The molecule has 17 heavy (non-hydrogen) atoms. The zero-order valence-corrected chi connectivity index (χ0v) is 11.2. The summed E-state index contributed by atoms with van der Waals surface area (Å²) in [6.45, 7) is 0.565. The molecule has 0 aliphatic carbocycles. The molecule has 2 aromatic carbocycles. The molecule has 2 rings (SSSR count). The van der Waals surface area contributed by atoms with Gasteiger partial charge in [-0.25, -0.2) is 4.39 Å². The predicted molar refractivity (Wildman–Crippen MR) is 72.9 cm³/mol. The van der Waals surface area contributed by atoms with Gasteiger partial charge in [-0.1, -0.05) is 39.7 Å². The SMILES string of the molecule is Fc1cc(Br)ccc1NCc1ccc(Cl)cc1. The molecule has 0 radical (unpaired) electrons. The molecule has 1 N–H and O–H groups in total. The van der Waals surface area contributed by atoms with Crippen LogP contribution in [0, 0.1) is 5.82 Å². The topological polar surface area (TPSA) is 12.0 Å². The molecule has 0 aromatic heterocycles. The quantitative estimate of drug-likeness (QED) is 0.853. The van der Waals surface area contributed by atoms with Crippen LogP contribution >= 0.6 is 27.5 Å². The predicted octanol–water partition coefficient (Wildman–Crippen LogP) is 4.85. The van der Waals surface area contributed by atoms with Crippen LogP contribution < -0.4 is 5.32 Å². The molecule has 0 unspecified atom stereocenters. The van der Waals surface area contributed by atoms with Crippen molar-refractivity contribution in [1.29, 1.82) is 0 Å². The number of rotatable bonds is 3. The molecule has 0 fully saturated rings. The monoisotopic (exact) mass is 313 g/mol. The van der Waals surface area contributed by atoms with Crippen LogP contribution in [0.4, 0.5) is 10.1 Å². The zero-order valence-electron chi connectivity index (χ0n) is 8.88. The third-order valence-corrected chi connectivity index (χ3v) is 3.07. The van der Waals surface area contributed by atoms with Gasteiger partial charge in [-0.2, -0.15) is 0 Å². The third-order valence-electron chi connectivity index (χ3n) is 2.33. The molecule has 0 bridgehead atoms. The van der Waals surface area contributed by atoms with Crippen LogP contribution in [0.5, 0.6) is 0 Å². The lowest BCUT2D eigenvalue weighted by molar-refractivity contribution is 0.629. The van der Waals surface area contributed by atoms with Crippen molar-refractivity contribution in [1.82, 2.24) is 0 Å². The van der Waals surface area contributed by atoms with Gasteiger partial charge in [-0.3, -0.25) is 0 Å². The number of hydrogen-bond donors (Lipinski definition) is 1. The van der Waals surface area contributed by atoms with Gasteiger partial charge >= 0.3 is 0 Å². The molecule has 88 valence electrons. The molecule has 0 aliphatic heterocycles. The molecule has 0 spiro atoms. The lowest BCUT2D eigenvalue weighted by Gasteiger charge is -2.08. The van der Waals surface area contributed by atoms with Gasteiger partial charge in [0, 0.05) is 16.0 Å². The van der Waals surface area contributed by atoms with Gasteiger partial charge in [0.15, 0.2) is 0 Å². The van der Waals surface area contributed by atoms with Crippen molar-refractivity contribution >= 4 is 33.2 Å². The Labute approximate surface area is 113 Å². The van der Waals surface area contributed by atoms with Gasteiger partial charge in [0.2, 0.25) is 0 Å². The largest absolute Gasteiger partial charge is 0.379 e. The molecule has 0 atom stereocenters. The van der Waals surface area contributed by atoms with Crippen molar-refractivity contribution in [3.05, 3.63) is 63.3 Å². The smallest absolute Gasteiger partial charge is 0.147 e. The highest BCUT2D eigenvalue weighted by molar-refractivity contribution is 9.10. The Morgan fingerprint density at radius 3 is 2.47 bits per heavy atom. The summed E-state index contributed by atoms with van der Waals surface area (Å²) in [4.78, 5) is 0. The summed E-state index contributed by atoms with van der Waals surface area (Å²) < 4.78 is 14.2. The van der Waals surface area contributed by atoms with Crippen molar-refractivity contribution in [3.63, 3.8) is 0 Å². The first-order valence-electron chi connectivity index (χ1n) is 5.08. The minimum Gasteiger partial charge on any atom is -0.379 e. The highest BCUT2D eigenvalue weighted by atomic mass is 79.9. The summed E-state index contributed by atoms with van der Waals surface area (Å²) in [6.07, 6.45) is 0. The lowest BCUT2D eigenvalue weighted by Crippen LogP contribution is -2.01. The maximum absolute atomic E-state index is 13.5. The van der Waals surface area contributed by atoms with E-state index in [9.17, 15) is 4.39 Å². The number of hydrogen-bond acceptors (Lipinski definition) is 1. The Hall–Kier alpha value is -1.06. The Morgan fingerprint density at radius 1 is 1.12 bits per heavy atom. The van der Waals surface area contributed by atoms with E-state index < -0.39 is 0 Å². The van der Waals surface area contributed by atoms with Crippen LogP contribution in [-0.2, 0) is 6.54 Å². The Bertz CT molecular complexity index is 513. The molecule has 0 saturated heterocycles. The maximum atomic E-state index is 13.5. The van der Waals surface area contributed by atoms with Crippen molar-refractivity contribution in [3.8, 4) is 0 Å². The number of anilines is 1. The fourth-order valence-electron chi connectivity index (χ4n) is 1.43. The normalized spacial score (nSPS) is 10.3. The number of nitrogens with one attached hydrogen (secondary N) is 1. The Kier molecular flexibility index (Phi) is 4.02. The zero-order chi connectivity index (χ0) is 12.3. The number of benzene rings is 2. The highest BCUT2D eigenvalue weighted by Crippen LogP contribution is 2.20. The van der Waals surface area contributed by atoms with Gasteiger partial charge in [0.1, 0.15) is 5.82 Å². The molecule has 0 heterocycles. The lowest BCUT2D eigenvalue weighted by atomic mass is 10.2. The standard InChI is InChI=1S/C13H10BrClFN/c14-10-3-6-13(12(16)7-10)17-8-9-1-4-11(15)5-2-9/h1-7,17H,8H2. The van der Waals surface area contributed by atoms with E-state index in [1.165, 1.54) is 6.07 Å². The summed E-state index contributed by atoms with van der Waals surface area (Å²) >= 11 is 9.00. The molecular formula is C13H10BrClFN. The van der Waals surface area contributed by atoms with E-state index in [-0.39, 0.29) is 5.82 Å². The van der Waals surface area contributed by atoms with Crippen LogP contribution in [-0.4, -0.2) is 0 Å². The minimum absolute atomic E-state index is 0.270. The molecule has 2 aromatic rings. The minimum atomic E-state index is -0.270. The fourth-order valence-corrected chi connectivity index (χ4v) is 1.89. The first kappa shape index (κ1) is 12.4. The maximum Gasteiger partial charge on any atom is 0.147 e. The van der Waals surface area contributed by atoms with Crippen LogP contribution in [0.1, 0.15) is 5.56 Å². The molecule has 0 aliphatic rings. The van der Waals surface area contributed by atoms with E-state index in [1.54, 1.807) is 12.1 Å². The molecule has 1 nitrogen and oxygen atoms in total. The van der Waals surface area contributed by atoms with Gasteiger partial charge < -0.3 is 5.32 Å². The van der Waals surface area contributed by atoms with E-state index in [0.29, 0.717) is 17.3 Å². The van der Waals surface area contributed by atoms with Crippen LogP contribution in [0.2, 0.25) is 5.02 Å². The van der Waals surface area contributed by atoms with E-state index in [1.807, 2.05) is 24.3 Å². The van der Waals surface area contributed by atoms with Gasteiger partial charge in [0.25, 0.3) is 0 Å². The average molecular weight is 315 g/mol. The molecule has 0 saturated carbocycles. The average Bonchev–Trinajstić information content (AvgIpc) is 2.30. The first-order valence-corrected chi connectivity index (χ1v) is 6.25. The summed E-state index contributed by atoms with van der Waals surface area (Å²) in [5.74, 6) is -0.270. The second kappa shape index (κ2) is 5.52. The van der Waals surface area contributed by atoms with Gasteiger partial charge in [0.05, 0.1) is 5.69 Å². The van der Waals surface area contributed by atoms with Gasteiger partial charge in [-0.05, 0) is 35.9 Å². The van der Waals surface area contributed by atoms with Crippen molar-refractivity contribution < 1.29 is 4.39 Å². The molecule has 0 amide bonds. The van der Waals surface area contributed by atoms with E-state index in [4.69, 9.17) is 11.6 Å². The second-order valence-corrected chi connectivity index (χ2v) is 4.96. The second-order valence-electron chi connectivity index (χ2n) is 3.60. The molecular weight excluding hydrogens is 305 g/mol. The fraction of sp³-hybridized carbons (Fsp3) is 0.0769. The van der Waals surface area contributed by atoms with E-state index >= 15 is 0 Å². The van der Waals surface area contributed by atoms with Crippen molar-refractivity contribution in [2.75, 3.05) is 5.32 Å². The van der Waals surface area contributed by atoms with Crippen LogP contribution in [0.25, 0.3) is 0 Å². The van der Waals surface area contributed by atoms with Crippen molar-refractivity contribution in [2.24, 2.45) is 0 Å². The van der Waals surface area contributed by atoms with E-state index in [2.05, 4.69) is 21.2 Å². The van der Waals surface area contributed by atoms with Crippen LogP contribution in [0.3, 0.4) is 0 Å². The van der Waals surface area contributed by atoms with Crippen molar-refractivity contribution in [2.45, 2.75) is 6.54 Å². The van der Waals surface area contributed by atoms with E-state index in [0.717, 1.165) is 10.0 Å². The number of halogens is 3. The third kappa shape index (κ3) is 3.45. The first-order chi connectivity index (χ1) is 8.15. The van der Waals surface area contributed by atoms with Gasteiger partial charge in [-0.15, -0.1) is 0 Å². The van der Waals surface area contributed by atoms with Crippen LogP contribution in [0.15, 0.2) is 46.9 Å². The summed E-state index contributed by atoms with van der Waals surface area (Å²) in [6, 6.07) is 12.4. The summed E-state index contributed by atoms with van der Waals surface area (Å²) in [7, 11) is 0. The Morgan fingerprint density at radius 2 is 1.82 bits per heavy atom. The molecule has 4 heteroatoms. The highest BCUT2D eigenvalue weighted by Gasteiger charge is 2.02. The summed E-state index contributed by atoms with van der Waals surface area (Å²) in [5, 5.41) is 3.73.